The molecule has 0 aliphatic rings. The minimum atomic E-state index is 0.217. The molecule has 1 N–H and O–H groups in total. The van der Waals surface area contributed by atoms with Gasteiger partial charge in [0.25, 0.3) is 0 Å². The number of hydrogen-bond acceptors (Lipinski definition) is 2. The van der Waals surface area contributed by atoms with Gasteiger partial charge in [-0.25, -0.2) is 0 Å². The van der Waals surface area contributed by atoms with E-state index >= 15 is 0 Å². The fraction of sp³-hybridized carbons (Fsp3) is 0.312. The number of rotatable bonds is 6. The minimum Gasteiger partial charge on any atom is -0.310 e. The Bertz CT molecular complexity index is 543. The summed E-state index contributed by atoms with van der Waals surface area (Å²) in [5.41, 5.74) is 2.35. The van der Waals surface area contributed by atoms with Gasteiger partial charge in [-0.15, -0.1) is 0 Å². The number of aromatic nitrogens is 1. The summed E-state index contributed by atoms with van der Waals surface area (Å²) < 4.78 is 0. The Kier molecular flexibility index (Phi) is 5.84. The van der Waals surface area contributed by atoms with E-state index in [4.69, 9.17) is 23.2 Å². The van der Waals surface area contributed by atoms with Crippen molar-refractivity contribution in [2.24, 2.45) is 0 Å². The number of benzene rings is 1. The van der Waals surface area contributed by atoms with Crippen LogP contribution in [0.4, 0.5) is 0 Å². The van der Waals surface area contributed by atoms with Gasteiger partial charge in [-0.1, -0.05) is 42.3 Å². The monoisotopic (exact) mass is 308 g/mol. The highest BCUT2D eigenvalue weighted by atomic mass is 35.5. The molecular weight excluding hydrogens is 291 g/mol. The molecule has 0 amide bonds. The molecule has 1 unspecified atom stereocenters. The van der Waals surface area contributed by atoms with Crippen LogP contribution in [0.5, 0.6) is 0 Å². The number of pyridine rings is 1. The van der Waals surface area contributed by atoms with E-state index in [9.17, 15) is 0 Å². The van der Waals surface area contributed by atoms with Crippen molar-refractivity contribution < 1.29 is 0 Å². The number of hydrogen-bond donors (Lipinski definition) is 1. The Morgan fingerprint density at radius 2 is 2.05 bits per heavy atom. The maximum Gasteiger partial charge on any atom is 0.0595 e. The Labute approximate surface area is 130 Å². The Hall–Kier alpha value is -1.09. The molecule has 2 aromatic rings. The summed E-state index contributed by atoms with van der Waals surface area (Å²) in [6.45, 7) is 3.12. The fourth-order valence-electron chi connectivity index (χ4n) is 2.11. The Morgan fingerprint density at radius 1 is 1.20 bits per heavy atom. The van der Waals surface area contributed by atoms with Crippen molar-refractivity contribution in [3.63, 3.8) is 0 Å². The van der Waals surface area contributed by atoms with Crippen LogP contribution >= 0.6 is 23.2 Å². The first-order valence-corrected chi connectivity index (χ1v) is 7.53. The molecule has 2 rings (SSSR count). The molecule has 106 valence electrons. The third-order valence-corrected chi connectivity index (χ3v) is 3.89. The molecule has 4 heteroatoms. The van der Waals surface area contributed by atoms with E-state index in [1.54, 1.807) is 6.20 Å². The molecule has 0 aliphatic carbocycles. The first kappa shape index (κ1) is 15.3. The molecule has 20 heavy (non-hydrogen) atoms. The Morgan fingerprint density at radius 3 is 2.70 bits per heavy atom. The van der Waals surface area contributed by atoms with Crippen LogP contribution in [0.25, 0.3) is 0 Å². The largest absolute Gasteiger partial charge is 0.310 e. The first-order valence-electron chi connectivity index (χ1n) is 6.78. The molecule has 1 aromatic carbocycles. The van der Waals surface area contributed by atoms with Gasteiger partial charge in [-0.3, -0.25) is 4.98 Å². The van der Waals surface area contributed by atoms with E-state index in [1.165, 1.54) is 5.56 Å². The molecule has 1 heterocycles. The van der Waals surface area contributed by atoms with Gasteiger partial charge in [-0.05, 0) is 48.7 Å². The highest BCUT2D eigenvalue weighted by Gasteiger charge is 2.13. The van der Waals surface area contributed by atoms with Gasteiger partial charge in [0, 0.05) is 18.4 Å². The quantitative estimate of drug-likeness (QED) is 0.838. The maximum atomic E-state index is 6.12. The molecule has 2 nitrogen and oxygen atoms in total. The van der Waals surface area contributed by atoms with Gasteiger partial charge in [0.05, 0.1) is 10.0 Å². The summed E-state index contributed by atoms with van der Waals surface area (Å²) in [6, 6.07) is 10.1. The second kappa shape index (κ2) is 7.63. The Balaban J connectivity index is 2.20. The molecule has 1 aromatic heterocycles. The second-order valence-electron chi connectivity index (χ2n) is 4.75. The van der Waals surface area contributed by atoms with Crippen LogP contribution in [-0.4, -0.2) is 11.5 Å². The summed E-state index contributed by atoms with van der Waals surface area (Å²) in [7, 11) is 0. The summed E-state index contributed by atoms with van der Waals surface area (Å²) in [5.74, 6) is 0. The SMILES string of the molecule is CCCNC(Cc1cccnc1)c1ccc(Cl)c(Cl)c1. The summed E-state index contributed by atoms with van der Waals surface area (Å²) in [4.78, 5) is 4.17. The van der Waals surface area contributed by atoms with Crippen LogP contribution in [0.3, 0.4) is 0 Å². The molecule has 0 saturated heterocycles. The molecular formula is C16H18Cl2N2. The zero-order chi connectivity index (χ0) is 14.4. The van der Waals surface area contributed by atoms with E-state index in [1.807, 2.05) is 30.5 Å². The van der Waals surface area contributed by atoms with Crippen LogP contribution < -0.4 is 5.32 Å². The van der Waals surface area contributed by atoms with Crippen molar-refractivity contribution in [1.82, 2.24) is 10.3 Å². The summed E-state index contributed by atoms with van der Waals surface area (Å²) in [5, 5.41) is 4.74. The van der Waals surface area contributed by atoms with E-state index < -0.39 is 0 Å². The molecule has 0 saturated carbocycles. The molecule has 0 aliphatic heterocycles. The zero-order valence-corrected chi connectivity index (χ0v) is 13.0. The van der Waals surface area contributed by atoms with Crippen molar-refractivity contribution in [2.75, 3.05) is 6.54 Å². The van der Waals surface area contributed by atoms with Crippen LogP contribution in [0, 0.1) is 0 Å². The lowest BCUT2D eigenvalue weighted by atomic mass is 9.99. The van der Waals surface area contributed by atoms with E-state index in [2.05, 4.69) is 23.3 Å². The first-order chi connectivity index (χ1) is 9.70. The van der Waals surface area contributed by atoms with Gasteiger partial charge in [0.2, 0.25) is 0 Å². The average molecular weight is 309 g/mol. The van der Waals surface area contributed by atoms with E-state index in [0.29, 0.717) is 10.0 Å². The second-order valence-corrected chi connectivity index (χ2v) is 5.56. The third kappa shape index (κ3) is 4.20. The van der Waals surface area contributed by atoms with Crippen LogP contribution in [0.2, 0.25) is 10.0 Å². The van der Waals surface area contributed by atoms with E-state index in [-0.39, 0.29) is 6.04 Å². The topological polar surface area (TPSA) is 24.9 Å². The molecule has 1 atom stereocenters. The lowest BCUT2D eigenvalue weighted by Gasteiger charge is -2.19. The van der Waals surface area contributed by atoms with Gasteiger partial charge in [-0.2, -0.15) is 0 Å². The maximum absolute atomic E-state index is 6.12. The van der Waals surface area contributed by atoms with Gasteiger partial charge >= 0.3 is 0 Å². The highest BCUT2D eigenvalue weighted by Crippen LogP contribution is 2.27. The van der Waals surface area contributed by atoms with Crippen molar-refractivity contribution in [3.05, 3.63) is 63.9 Å². The van der Waals surface area contributed by atoms with Crippen LogP contribution in [-0.2, 0) is 6.42 Å². The highest BCUT2D eigenvalue weighted by molar-refractivity contribution is 6.42. The number of halogens is 2. The summed E-state index contributed by atoms with van der Waals surface area (Å²) >= 11 is 12.1. The average Bonchev–Trinajstić information content (AvgIpc) is 2.47. The van der Waals surface area contributed by atoms with Crippen molar-refractivity contribution in [1.29, 1.82) is 0 Å². The van der Waals surface area contributed by atoms with Gasteiger partial charge < -0.3 is 5.32 Å². The van der Waals surface area contributed by atoms with Gasteiger partial charge in [0.15, 0.2) is 0 Å². The molecule has 0 radical (unpaired) electrons. The van der Waals surface area contributed by atoms with E-state index in [0.717, 1.165) is 24.9 Å². The molecule has 0 spiro atoms. The summed E-state index contributed by atoms with van der Waals surface area (Å²) in [6.07, 6.45) is 5.66. The normalized spacial score (nSPS) is 12.3. The molecule has 0 bridgehead atoms. The smallest absolute Gasteiger partial charge is 0.0595 e. The van der Waals surface area contributed by atoms with Crippen molar-refractivity contribution in [3.8, 4) is 0 Å². The van der Waals surface area contributed by atoms with Gasteiger partial charge in [0.1, 0.15) is 0 Å². The van der Waals surface area contributed by atoms with Crippen LogP contribution in [0.15, 0.2) is 42.7 Å². The standard InChI is InChI=1S/C16H18Cl2N2/c1-2-7-20-16(9-12-4-3-8-19-11-12)13-5-6-14(17)15(18)10-13/h3-6,8,10-11,16,20H,2,7,9H2,1H3. The zero-order valence-electron chi connectivity index (χ0n) is 11.4. The lowest BCUT2D eigenvalue weighted by Crippen LogP contribution is -2.24. The molecule has 0 fully saturated rings. The lowest BCUT2D eigenvalue weighted by molar-refractivity contribution is 0.529. The fourth-order valence-corrected chi connectivity index (χ4v) is 2.42. The van der Waals surface area contributed by atoms with Crippen LogP contribution in [0.1, 0.15) is 30.5 Å². The number of nitrogens with zero attached hydrogens (tertiary/aromatic N) is 1. The third-order valence-electron chi connectivity index (χ3n) is 3.15. The van der Waals surface area contributed by atoms with Crippen molar-refractivity contribution >= 4 is 23.2 Å². The number of nitrogens with one attached hydrogen (secondary N) is 1. The van der Waals surface area contributed by atoms with Crippen molar-refractivity contribution in [2.45, 2.75) is 25.8 Å². The predicted molar refractivity (Wildman–Crippen MR) is 85.4 cm³/mol. The predicted octanol–water partition coefficient (Wildman–Crippen LogP) is 4.67. The minimum absolute atomic E-state index is 0.217.